The highest BCUT2D eigenvalue weighted by Crippen LogP contribution is 2.36. The summed E-state index contributed by atoms with van der Waals surface area (Å²) in [7, 11) is 0. The number of halogens is 1. The first-order valence-corrected chi connectivity index (χ1v) is 5.96. The van der Waals surface area contributed by atoms with Gasteiger partial charge in [0.2, 0.25) is 0 Å². The van der Waals surface area contributed by atoms with Gasteiger partial charge in [-0.1, -0.05) is 11.6 Å². The van der Waals surface area contributed by atoms with Gasteiger partial charge >= 0.3 is 5.97 Å². The van der Waals surface area contributed by atoms with Crippen molar-refractivity contribution in [3.63, 3.8) is 0 Å². The standard InChI is InChI=1S/C11H6ClNO4S/c12-6-1-2-7(8(5-6)13(16)17)9-3-4-10(18-9)11(14)15/h1-5H,(H,14,15). The van der Waals surface area contributed by atoms with E-state index in [0.717, 1.165) is 11.3 Å². The number of nitro benzene ring substituents is 1. The van der Waals surface area contributed by atoms with Crippen LogP contribution in [0.15, 0.2) is 30.3 Å². The number of aromatic carboxylic acids is 1. The molecule has 1 heterocycles. The largest absolute Gasteiger partial charge is 0.477 e. The molecule has 92 valence electrons. The highest BCUT2D eigenvalue weighted by Gasteiger charge is 2.18. The number of rotatable bonds is 3. The van der Waals surface area contributed by atoms with Gasteiger partial charge < -0.3 is 5.11 Å². The van der Waals surface area contributed by atoms with Crippen LogP contribution in [0.4, 0.5) is 5.69 Å². The van der Waals surface area contributed by atoms with E-state index in [2.05, 4.69) is 0 Å². The third-order valence-electron chi connectivity index (χ3n) is 2.24. The lowest BCUT2D eigenvalue weighted by Crippen LogP contribution is -1.91. The molecule has 1 aromatic heterocycles. The Morgan fingerprint density at radius 1 is 1.33 bits per heavy atom. The fourth-order valence-corrected chi connectivity index (χ4v) is 2.51. The molecule has 2 aromatic rings. The molecule has 0 amide bonds. The number of nitro groups is 1. The number of carbonyl (C=O) groups is 1. The van der Waals surface area contributed by atoms with Gasteiger partial charge in [-0.2, -0.15) is 0 Å². The van der Waals surface area contributed by atoms with Crippen LogP contribution in [0.25, 0.3) is 10.4 Å². The van der Waals surface area contributed by atoms with E-state index in [1.54, 1.807) is 6.07 Å². The smallest absolute Gasteiger partial charge is 0.345 e. The van der Waals surface area contributed by atoms with E-state index in [1.807, 2.05) is 0 Å². The minimum Gasteiger partial charge on any atom is -0.477 e. The normalized spacial score (nSPS) is 10.3. The quantitative estimate of drug-likeness (QED) is 0.688. The summed E-state index contributed by atoms with van der Waals surface area (Å²) < 4.78 is 0. The van der Waals surface area contributed by atoms with Gasteiger partial charge in [-0.05, 0) is 24.3 Å². The van der Waals surface area contributed by atoms with Crippen molar-refractivity contribution in [2.45, 2.75) is 0 Å². The maximum atomic E-state index is 10.9. The lowest BCUT2D eigenvalue weighted by Gasteiger charge is -2.00. The molecule has 0 saturated carbocycles. The maximum absolute atomic E-state index is 10.9. The topological polar surface area (TPSA) is 80.4 Å². The zero-order chi connectivity index (χ0) is 13.3. The van der Waals surface area contributed by atoms with Crippen molar-refractivity contribution < 1.29 is 14.8 Å². The molecule has 0 aliphatic carbocycles. The Morgan fingerprint density at radius 2 is 2.06 bits per heavy atom. The van der Waals surface area contributed by atoms with E-state index < -0.39 is 10.9 Å². The van der Waals surface area contributed by atoms with Crippen LogP contribution in [0.1, 0.15) is 9.67 Å². The summed E-state index contributed by atoms with van der Waals surface area (Å²) in [5.74, 6) is -1.05. The predicted octanol–water partition coefficient (Wildman–Crippen LogP) is 3.67. The van der Waals surface area contributed by atoms with Crippen LogP contribution in [-0.4, -0.2) is 16.0 Å². The van der Waals surface area contributed by atoms with Crippen LogP contribution in [0, 0.1) is 10.1 Å². The number of nitrogens with zero attached hydrogens (tertiary/aromatic N) is 1. The molecule has 1 aromatic carbocycles. The van der Waals surface area contributed by atoms with Crippen molar-refractivity contribution >= 4 is 34.6 Å². The van der Waals surface area contributed by atoms with Gasteiger partial charge in [-0.15, -0.1) is 11.3 Å². The lowest BCUT2D eigenvalue weighted by molar-refractivity contribution is -0.384. The van der Waals surface area contributed by atoms with E-state index in [1.165, 1.54) is 24.3 Å². The summed E-state index contributed by atoms with van der Waals surface area (Å²) >= 11 is 6.69. The zero-order valence-electron chi connectivity index (χ0n) is 8.79. The molecule has 1 N–H and O–H groups in total. The van der Waals surface area contributed by atoms with Crippen molar-refractivity contribution in [3.8, 4) is 10.4 Å². The van der Waals surface area contributed by atoms with E-state index in [0.29, 0.717) is 10.4 Å². The highest BCUT2D eigenvalue weighted by atomic mass is 35.5. The van der Waals surface area contributed by atoms with Crippen molar-refractivity contribution in [2.75, 3.05) is 0 Å². The van der Waals surface area contributed by atoms with Crippen molar-refractivity contribution in [1.29, 1.82) is 0 Å². The number of thiophene rings is 1. The molecule has 7 heteroatoms. The number of carboxylic acid groups (broad SMARTS) is 1. The summed E-state index contributed by atoms with van der Waals surface area (Å²) in [5.41, 5.74) is 0.225. The van der Waals surface area contributed by atoms with Gasteiger partial charge in [0.15, 0.2) is 0 Å². The Hall–Kier alpha value is -1.92. The second-order valence-electron chi connectivity index (χ2n) is 3.39. The molecule has 0 fully saturated rings. The molecule has 0 aliphatic rings. The molecule has 18 heavy (non-hydrogen) atoms. The lowest BCUT2D eigenvalue weighted by atomic mass is 10.1. The molecule has 0 atom stereocenters. The molecule has 0 unspecified atom stereocenters. The molecular weight excluding hydrogens is 278 g/mol. The summed E-state index contributed by atoms with van der Waals surface area (Å²) in [6.45, 7) is 0. The van der Waals surface area contributed by atoms with Gasteiger partial charge in [0, 0.05) is 16.0 Å². The van der Waals surface area contributed by atoms with Crippen LogP contribution < -0.4 is 0 Å². The third kappa shape index (κ3) is 2.34. The molecular formula is C11H6ClNO4S. The van der Waals surface area contributed by atoms with Crippen molar-refractivity contribution in [2.24, 2.45) is 0 Å². The summed E-state index contributed by atoms with van der Waals surface area (Å²) in [4.78, 5) is 21.8. The fraction of sp³-hybridized carbons (Fsp3) is 0. The monoisotopic (exact) mass is 283 g/mol. The van der Waals surface area contributed by atoms with E-state index in [-0.39, 0.29) is 15.6 Å². The number of hydrogen-bond acceptors (Lipinski definition) is 4. The minimum atomic E-state index is -1.05. The zero-order valence-corrected chi connectivity index (χ0v) is 10.4. The van der Waals surface area contributed by atoms with E-state index in [9.17, 15) is 14.9 Å². The SMILES string of the molecule is O=C(O)c1ccc(-c2ccc(Cl)cc2[N+](=O)[O-])s1. The van der Waals surface area contributed by atoms with E-state index >= 15 is 0 Å². The third-order valence-corrected chi connectivity index (χ3v) is 3.58. The van der Waals surface area contributed by atoms with E-state index in [4.69, 9.17) is 16.7 Å². The number of hydrogen-bond donors (Lipinski definition) is 1. The number of carboxylic acids is 1. The maximum Gasteiger partial charge on any atom is 0.345 e. The Bertz CT molecular complexity index is 638. The minimum absolute atomic E-state index is 0.134. The predicted molar refractivity (Wildman–Crippen MR) is 68.4 cm³/mol. The molecule has 2 rings (SSSR count). The van der Waals surface area contributed by atoms with Gasteiger partial charge in [0.1, 0.15) is 4.88 Å². The van der Waals surface area contributed by atoms with Crippen LogP contribution in [0.5, 0.6) is 0 Å². The molecule has 0 radical (unpaired) electrons. The van der Waals surface area contributed by atoms with Gasteiger partial charge in [-0.25, -0.2) is 4.79 Å². The highest BCUT2D eigenvalue weighted by molar-refractivity contribution is 7.17. The van der Waals surface area contributed by atoms with Crippen molar-refractivity contribution in [3.05, 3.63) is 50.3 Å². The second kappa shape index (κ2) is 4.75. The number of benzene rings is 1. The Morgan fingerprint density at radius 3 is 2.61 bits per heavy atom. The van der Waals surface area contributed by atoms with Crippen LogP contribution >= 0.6 is 22.9 Å². The van der Waals surface area contributed by atoms with Crippen LogP contribution in [0.2, 0.25) is 5.02 Å². The van der Waals surface area contributed by atoms with Crippen LogP contribution in [0.3, 0.4) is 0 Å². The van der Waals surface area contributed by atoms with Gasteiger partial charge in [0.25, 0.3) is 5.69 Å². The van der Waals surface area contributed by atoms with Gasteiger partial charge in [0.05, 0.1) is 10.5 Å². The Labute approximate surface area is 110 Å². The van der Waals surface area contributed by atoms with Gasteiger partial charge in [-0.3, -0.25) is 10.1 Å². The average molecular weight is 284 g/mol. The molecule has 5 nitrogen and oxygen atoms in total. The summed E-state index contributed by atoms with van der Waals surface area (Å²) in [6.07, 6.45) is 0. The molecule has 0 saturated heterocycles. The first kappa shape index (κ1) is 12.5. The summed E-state index contributed by atoms with van der Waals surface area (Å²) in [6, 6.07) is 7.25. The summed E-state index contributed by atoms with van der Waals surface area (Å²) in [5, 5.41) is 20.0. The Kier molecular flexibility index (Phi) is 3.31. The molecule has 0 bridgehead atoms. The van der Waals surface area contributed by atoms with Crippen LogP contribution in [-0.2, 0) is 0 Å². The fourth-order valence-electron chi connectivity index (χ4n) is 1.46. The first-order valence-electron chi connectivity index (χ1n) is 4.76. The average Bonchev–Trinajstić information content (AvgIpc) is 2.78. The Balaban J connectivity index is 2.55. The molecule has 0 aliphatic heterocycles. The first-order chi connectivity index (χ1) is 8.49. The van der Waals surface area contributed by atoms with Crippen molar-refractivity contribution in [1.82, 2.24) is 0 Å². The molecule has 0 spiro atoms. The second-order valence-corrected chi connectivity index (χ2v) is 4.91.